The summed E-state index contributed by atoms with van der Waals surface area (Å²) in [6.45, 7) is 4.77. The lowest BCUT2D eigenvalue weighted by Gasteiger charge is -2.16. The molecule has 102 valence electrons. The molecular formula is C14H18N2O3. The monoisotopic (exact) mass is 262 g/mol. The third-order valence-electron chi connectivity index (χ3n) is 3.64. The fourth-order valence-corrected chi connectivity index (χ4v) is 2.47. The number of carbonyl (C=O) groups excluding carboxylic acids is 2. The number of methoxy groups -OCH3 is 1. The first-order valence-electron chi connectivity index (χ1n) is 6.33. The minimum atomic E-state index is -0.245. The fourth-order valence-electron chi connectivity index (χ4n) is 2.47. The molecule has 2 rings (SSSR count). The lowest BCUT2D eigenvalue weighted by Crippen LogP contribution is -2.30. The van der Waals surface area contributed by atoms with E-state index in [4.69, 9.17) is 4.74 Å². The minimum Gasteiger partial charge on any atom is -0.469 e. The number of nitrogens with zero attached hydrogens (tertiary/aromatic N) is 2. The second-order valence-corrected chi connectivity index (χ2v) is 4.95. The van der Waals surface area contributed by atoms with Gasteiger partial charge in [-0.05, 0) is 25.0 Å². The second kappa shape index (κ2) is 5.38. The fraction of sp³-hybridized carbons (Fsp3) is 0.500. The molecule has 5 nitrogen and oxygen atoms in total. The number of hydrogen-bond acceptors (Lipinski definition) is 4. The predicted molar refractivity (Wildman–Crippen MR) is 69.5 cm³/mol. The van der Waals surface area contributed by atoms with Gasteiger partial charge in [-0.1, -0.05) is 6.92 Å². The van der Waals surface area contributed by atoms with Crippen LogP contribution in [0.1, 0.15) is 23.0 Å². The molecule has 0 radical (unpaired) electrons. The van der Waals surface area contributed by atoms with E-state index in [1.807, 2.05) is 13.8 Å². The SMILES string of the molecule is COC(=O)C1CN(C(=O)c2cccnc2C)CC1C. The summed E-state index contributed by atoms with van der Waals surface area (Å²) in [4.78, 5) is 29.9. The number of amides is 1. The van der Waals surface area contributed by atoms with Gasteiger partial charge in [0.1, 0.15) is 0 Å². The molecule has 19 heavy (non-hydrogen) atoms. The topological polar surface area (TPSA) is 59.5 Å². The maximum atomic E-state index is 12.4. The first kappa shape index (κ1) is 13.5. The molecule has 2 heterocycles. The molecule has 1 aliphatic rings. The normalized spacial score (nSPS) is 22.4. The highest BCUT2D eigenvalue weighted by Crippen LogP contribution is 2.25. The van der Waals surface area contributed by atoms with Gasteiger partial charge in [-0.25, -0.2) is 0 Å². The molecule has 0 N–H and O–H groups in total. The Hall–Kier alpha value is -1.91. The van der Waals surface area contributed by atoms with Gasteiger partial charge in [-0.15, -0.1) is 0 Å². The molecule has 0 spiro atoms. The summed E-state index contributed by atoms with van der Waals surface area (Å²) in [6.07, 6.45) is 1.66. The zero-order valence-corrected chi connectivity index (χ0v) is 11.4. The molecule has 0 aromatic carbocycles. The van der Waals surface area contributed by atoms with Gasteiger partial charge < -0.3 is 9.64 Å². The first-order chi connectivity index (χ1) is 9.04. The van der Waals surface area contributed by atoms with Crippen LogP contribution in [0, 0.1) is 18.8 Å². The third-order valence-corrected chi connectivity index (χ3v) is 3.64. The van der Waals surface area contributed by atoms with Crippen LogP contribution in [0.25, 0.3) is 0 Å². The number of aryl methyl sites for hydroxylation is 1. The minimum absolute atomic E-state index is 0.0659. The largest absolute Gasteiger partial charge is 0.469 e. The molecule has 2 unspecified atom stereocenters. The van der Waals surface area contributed by atoms with E-state index in [2.05, 4.69) is 4.98 Å². The average Bonchev–Trinajstić information content (AvgIpc) is 2.80. The van der Waals surface area contributed by atoms with Crippen LogP contribution in [0.3, 0.4) is 0 Å². The Morgan fingerprint density at radius 2 is 2.16 bits per heavy atom. The zero-order chi connectivity index (χ0) is 14.0. The van der Waals surface area contributed by atoms with Crippen LogP contribution in [0.4, 0.5) is 0 Å². The summed E-state index contributed by atoms with van der Waals surface area (Å²) < 4.78 is 4.77. The summed E-state index contributed by atoms with van der Waals surface area (Å²) in [5, 5.41) is 0. The molecule has 1 saturated heterocycles. The van der Waals surface area contributed by atoms with Crippen LogP contribution in [-0.2, 0) is 9.53 Å². The second-order valence-electron chi connectivity index (χ2n) is 4.95. The highest BCUT2D eigenvalue weighted by Gasteiger charge is 2.38. The lowest BCUT2D eigenvalue weighted by atomic mass is 9.99. The summed E-state index contributed by atoms with van der Waals surface area (Å²) in [5.41, 5.74) is 1.31. The number of rotatable bonds is 2. The number of likely N-dealkylation sites (tertiary alicyclic amines) is 1. The van der Waals surface area contributed by atoms with E-state index in [1.54, 1.807) is 23.2 Å². The van der Waals surface area contributed by atoms with Gasteiger partial charge in [0.15, 0.2) is 0 Å². The Bertz CT molecular complexity index is 501. The van der Waals surface area contributed by atoms with Gasteiger partial charge in [-0.2, -0.15) is 0 Å². The van der Waals surface area contributed by atoms with Crippen LogP contribution in [0.5, 0.6) is 0 Å². The average molecular weight is 262 g/mol. The van der Waals surface area contributed by atoms with Crippen molar-refractivity contribution in [2.45, 2.75) is 13.8 Å². The molecule has 0 saturated carbocycles. The van der Waals surface area contributed by atoms with Crippen molar-refractivity contribution >= 4 is 11.9 Å². The van der Waals surface area contributed by atoms with E-state index < -0.39 is 0 Å². The summed E-state index contributed by atoms with van der Waals surface area (Å²) in [7, 11) is 1.38. The van der Waals surface area contributed by atoms with E-state index in [0.29, 0.717) is 24.3 Å². The van der Waals surface area contributed by atoms with Gasteiger partial charge in [0.05, 0.1) is 18.6 Å². The molecule has 1 aromatic rings. The van der Waals surface area contributed by atoms with E-state index in [-0.39, 0.29) is 23.7 Å². The van der Waals surface area contributed by atoms with Crippen LogP contribution >= 0.6 is 0 Å². The smallest absolute Gasteiger partial charge is 0.310 e. The van der Waals surface area contributed by atoms with Gasteiger partial charge in [0.25, 0.3) is 5.91 Å². The molecule has 2 atom stereocenters. The number of hydrogen-bond donors (Lipinski definition) is 0. The predicted octanol–water partition coefficient (Wildman–Crippen LogP) is 1.27. The number of esters is 1. The summed E-state index contributed by atoms with van der Waals surface area (Å²) >= 11 is 0. The highest BCUT2D eigenvalue weighted by molar-refractivity contribution is 5.95. The van der Waals surface area contributed by atoms with Crippen molar-refractivity contribution in [3.05, 3.63) is 29.6 Å². The van der Waals surface area contributed by atoms with Crippen LogP contribution < -0.4 is 0 Å². The Morgan fingerprint density at radius 1 is 1.42 bits per heavy atom. The molecule has 0 aliphatic carbocycles. The van der Waals surface area contributed by atoms with Crippen molar-refractivity contribution < 1.29 is 14.3 Å². The summed E-state index contributed by atoms with van der Waals surface area (Å²) in [6, 6.07) is 3.51. The van der Waals surface area contributed by atoms with Crippen molar-refractivity contribution in [2.75, 3.05) is 20.2 Å². The molecule has 1 aromatic heterocycles. The summed E-state index contributed by atoms with van der Waals surface area (Å²) in [5.74, 6) is -0.422. The highest BCUT2D eigenvalue weighted by atomic mass is 16.5. The molecule has 1 fully saturated rings. The third kappa shape index (κ3) is 2.59. The number of carbonyl (C=O) groups is 2. The zero-order valence-electron chi connectivity index (χ0n) is 11.4. The van der Waals surface area contributed by atoms with E-state index in [0.717, 1.165) is 0 Å². The van der Waals surface area contributed by atoms with Gasteiger partial charge >= 0.3 is 5.97 Å². The van der Waals surface area contributed by atoms with E-state index in [9.17, 15) is 9.59 Å². The van der Waals surface area contributed by atoms with Crippen LogP contribution in [0.2, 0.25) is 0 Å². The first-order valence-corrected chi connectivity index (χ1v) is 6.33. The van der Waals surface area contributed by atoms with Gasteiger partial charge in [0, 0.05) is 25.0 Å². The van der Waals surface area contributed by atoms with Gasteiger partial charge in [-0.3, -0.25) is 14.6 Å². The van der Waals surface area contributed by atoms with E-state index in [1.165, 1.54) is 7.11 Å². The van der Waals surface area contributed by atoms with E-state index >= 15 is 0 Å². The molecule has 0 bridgehead atoms. The Balaban J connectivity index is 2.15. The van der Waals surface area contributed by atoms with Crippen molar-refractivity contribution in [1.29, 1.82) is 0 Å². The lowest BCUT2D eigenvalue weighted by molar-refractivity contribution is -0.146. The van der Waals surface area contributed by atoms with Crippen molar-refractivity contribution in [2.24, 2.45) is 11.8 Å². The maximum absolute atomic E-state index is 12.4. The molecular weight excluding hydrogens is 244 g/mol. The number of ether oxygens (including phenoxy) is 1. The van der Waals surface area contributed by atoms with Gasteiger partial charge in [0.2, 0.25) is 0 Å². The van der Waals surface area contributed by atoms with Crippen LogP contribution in [-0.4, -0.2) is 42.0 Å². The Morgan fingerprint density at radius 3 is 2.79 bits per heavy atom. The Kier molecular flexibility index (Phi) is 3.83. The Labute approximate surface area is 112 Å². The molecule has 5 heteroatoms. The van der Waals surface area contributed by atoms with Crippen molar-refractivity contribution in [1.82, 2.24) is 9.88 Å². The van der Waals surface area contributed by atoms with Crippen molar-refractivity contribution in [3.8, 4) is 0 Å². The number of aromatic nitrogens is 1. The quantitative estimate of drug-likeness (QED) is 0.753. The number of pyridine rings is 1. The standard InChI is InChI=1S/C14H18N2O3/c1-9-7-16(8-12(9)14(18)19-3)13(17)11-5-4-6-15-10(11)2/h4-6,9,12H,7-8H2,1-3H3. The van der Waals surface area contributed by atoms with Crippen molar-refractivity contribution in [3.63, 3.8) is 0 Å². The van der Waals surface area contributed by atoms with Crippen LogP contribution in [0.15, 0.2) is 18.3 Å². The maximum Gasteiger partial charge on any atom is 0.310 e. The molecule has 1 aliphatic heterocycles. The molecule has 1 amide bonds.